The molecule has 0 atom stereocenters. The van der Waals surface area contributed by atoms with Crippen molar-refractivity contribution in [2.45, 2.75) is 77.1 Å². The predicted molar refractivity (Wildman–Crippen MR) is 265 cm³/mol. The van der Waals surface area contributed by atoms with Gasteiger partial charge in [0.2, 0.25) is 0 Å². The first-order chi connectivity index (χ1) is 32.6. The molecule has 0 radical (unpaired) electrons. The highest BCUT2D eigenvalue weighted by molar-refractivity contribution is 6.09. The number of rotatable bonds is 7. The van der Waals surface area contributed by atoms with E-state index in [1.165, 1.54) is 29.5 Å². The van der Waals surface area contributed by atoms with Crippen LogP contribution < -0.4 is 9.30 Å². The predicted octanol–water partition coefficient (Wildman–Crippen LogP) is 14.9. The Morgan fingerprint density at radius 3 is 2.15 bits per heavy atom. The Hall–Kier alpha value is -7.38. The number of para-hydroxylation sites is 4. The Labute approximate surface area is 389 Å². The number of hydrogen-bond acceptors (Lipinski definition) is 2. The monoisotopic (exact) mass is 880 g/mol. The van der Waals surface area contributed by atoms with Gasteiger partial charge in [-0.3, -0.25) is 13.7 Å². The molecule has 0 fully saturated rings. The molecule has 2 aliphatic rings. The minimum absolute atomic E-state index is 0.0353. The Morgan fingerprint density at radius 1 is 0.612 bits per heavy atom. The average Bonchev–Trinajstić information content (AvgIpc) is 3.89. The second kappa shape index (κ2) is 15.9. The van der Waals surface area contributed by atoms with Crippen molar-refractivity contribution < 1.29 is 18.1 Å². The number of imidazole rings is 1. The van der Waals surface area contributed by atoms with E-state index >= 15 is 8.78 Å². The summed E-state index contributed by atoms with van der Waals surface area (Å²) in [4.78, 5) is 4.87. The van der Waals surface area contributed by atoms with E-state index in [-0.39, 0.29) is 17.4 Å². The van der Waals surface area contributed by atoms with Crippen LogP contribution in [-0.4, -0.2) is 14.1 Å². The first-order valence-electron chi connectivity index (χ1n) is 23.6. The zero-order valence-electron chi connectivity index (χ0n) is 38.0. The topological polar surface area (TPSA) is 35.9 Å². The van der Waals surface area contributed by atoms with Gasteiger partial charge >= 0.3 is 0 Å². The van der Waals surface area contributed by atoms with E-state index in [2.05, 4.69) is 144 Å². The second-order valence-electron chi connectivity index (χ2n) is 19.4. The highest BCUT2D eigenvalue weighted by atomic mass is 19.3. The number of halogens is 2. The van der Waals surface area contributed by atoms with E-state index in [0.29, 0.717) is 24.3 Å². The third-order valence-corrected chi connectivity index (χ3v) is 14.0. The van der Waals surface area contributed by atoms with Crippen molar-refractivity contribution in [1.29, 1.82) is 0 Å². The van der Waals surface area contributed by atoms with Gasteiger partial charge in [-0.05, 0) is 143 Å². The molecule has 0 unspecified atom stereocenters. The number of aromatic nitrogens is 4. The second-order valence-corrected chi connectivity index (χ2v) is 19.4. The van der Waals surface area contributed by atoms with Crippen molar-refractivity contribution in [1.82, 2.24) is 14.1 Å². The van der Waals surface area contributed by atoms with Crippen LogP contribution >= 0.6 is 0 Å². The number of nitrogens with zero attached hydrogens (tertiary/aromatic N) is 4. The molecule has 2 aliphatic carbocycles. The maximum absolute atomic E-state index is 15.6. The maximum atomic E-state index is 15.6. The summed E-state index contributed by atoms with van der Waals surface area (Å²) in [7, 11) is 0. The fourth-order valence-corrected chi connectivity index (χ4v) is 10.6. The largest absolute Gasteiger partial charge is 0.458 e. The van der Waals surface area contributed by atoms with Gasteiger partial charge in [0.1, 0.15) is 17.3 Å². The summed E-state index contributed by atoms with van der Waals surface area (Å²) in [6.45, 7) is 6.67. The molecule has 10 aromatic rings. The van der Waals surface area contributed by atoms with Crippen molar-refractivity contribution in [3.8, 4) is 50.9 Å². The van der Waals surface area contributed by atoms with Crippen LogP contribution in [0.15, 0.2) is 164 Å². The number of benzene rings is 7. The van der Waals surface area contributed by atoms with Crippen molar-refractivity contribution in [3.05, 3.63) is 198 Å². The lowest BCUT2D eigenvalue weighted by Gasteiger charge is -2.26. The number of hydrogen-bond donors (Lipinski definition) is 0. The van der Waals surface area contributed by atoms with Crippen LogP contribution in [0.5, 0.6) is 11.5 Å². The molecule has 0 saturated heterocycles. The molecule has 7 aromatic carbocycles. The fraction of sp³-hybridized carbons (Fsp3) is 0.200. The Balaban J connectivity index is 0.984. The number of aryl methyl sites for hydroxylation is 3. The van der Waals surface area contributed by atoms with Crippen LogP contribution in [0.3, 0.4) is 0 Å². The molecule has 0 amide bonds. The Bertz CT molecular complexity index is 3570. The first-order valence-corrected chi connectivity index (χ1v) is 23.6. The normalized spacial score (nSPS) is 14.6. The molecule has 3 aromatic heterocycles. The fourth-order valence-electron chi connectivity index (χ4n) is 10.6. The van der Waals surface area contributed by atoms with Crippen molar-refractivity contribution in [3.63, 3.8) is 0 Å². The summed E-state index contributed by atoms with van der Waals surface area (Å²) in [5.74, 6) is -0.629. The number of fused-ring (bicyclic) bond motifs is 6. The molecule has 0 saturated carbocycles. The van der Waals surface area contributed by atoms with Crippen LogP contribution in [0.4, 0.5) is 8.78 Å². The zero-order chi connectivity index (χ0) is 45.4. The van der Waals surface area contributed by atoms with Crippen LogP contribution in [0, 0.1) is 6.33 Å². The van der Waals surface area contributed by atoms with Crippen molar-refractivity contribution >= 4 is 32.8 Å². The molecular formula is C60H50F2N4O. The maximum Gasteiger partial charge on any atom is 0.273 e. The molecule has 3 heterocycles. The molecular weight excluding hydrogens is 831 g/mol. The van der Waals surface area contributed by atoms with Gasteiger partial charge in [-0.15, -0.1) is 0 Å². The lowest BCUT2D eigenvalue weighted by molar-refractivity contribution is -0.571. The molecule has 0 spiro atoms. The van der Waals surface area contributed by atoms with Gasteiger partial charge in [-0.1, -0.05) is 118 Å². The van der Waals surface area contributed by atoms with Crippen LogP contribution in [-0.2, 0) is 30.6 Å². The van der Waals surface area contributed by atoms with Gasteiger partial charge in [0, 0.05) is 35.0 Å². The third-order valence-electron chi connectivity index (χ3n) is 14.0. The lowest BCUT2D eigenvalue weighted by atomic mass is 9.85. The molecule has 67 heavy (non-hydrogen) atoms. The minimum Gasteiger partial charge on any atom is -0.458 e. The number of pyridine rings is 1. The van der Waals surface area contributed by atoms with E-state index in [1.54, 1.807) is 6.07 Å². The van der Waals surface area contributed by atoms with Gasteiger partial charge in [0.05, 0.1) is 33.4 Å². The number of ether oxygens (including phenoxy) is 1. The summed E-state index contributed by atoms with van der Waals surface area (Å²) < 4.78 is 44.4. The molecule has 7 heteroatoms. The molecule has 330 valence electrons. The van der Waals surface area contributed by atoms with E-state index in [1.807, 2.05) is 54.7 Å². The summed E-state index contributed by atoms with van der Waals surface area (Å²) in [6, 6.07) is 54.2. The first kappa shape index (κ1) is 41.1. The quantitative estimate of drug-likeness (QED) is 0.118. The SMILES string of the molecule is CC(C)(C)c1ccnc(-n2c3ccccc3c3ccc(Oc4cccc(-n5[c-][n+](-c6c(-c7ccc8c(c7)CCCC8)cccc6-c6ccc7c(c6)C(F)(F)CCC7)c6ccccc65)c4)cc32)c1. The standard InChI is InChI=1S/C60H50F2N4O/c1-59(2,3)44-30-32-63-57(35-44)66-53-21-7-6-18-50(53)51-29-28-47(37-56(51)66)67-46-17-10-16-45(36-46)64-38-65(55-23-9-8-22-54(55)64)58-48(42-26-24-39-13-4-5-14-41(39)33-42)19-11-20-49(58)43-27-25-40-15-12-31-60(61,62)52(40)34-43/h6-11,16-30,32-37H,4-5,12-15,31H2,1-3H3. The van der Waals surface area contributed by atoms with Gasteiger partial charge in [0.25, 0.3) is 12.2 Å². The van der Waals surface area contributed by atoms with Crippen LogP contribution in [0.1, 0.15) is 74.3 Å². The lowest BCUT2D eigenvalue weighted by Crippen LogP contribution is -2.31. The van der Waals surface area contributed by atoms with Crippen LogP contribution in [0.25, 0.3) is 72.3 Å². The Kier molecular flexibility index (Phi) is 9.75. The van der Waals surface area contributed by atoms with Gasteiger partial charge in [-0.2, -0.15) is 0 Å². The molecule has 5 nitrogen and oxygen atoms in total. The zero-order valence-corrected chi connectivity index (χ0v) is 38.0. The van der Waals surface area contributed by atoms with E-state index < -0.39 is 5.92 Å². The average molecular weight is 881 g/mol. The molecule has 0 N–H and O–H groups in total. The van der Waals surface area contributed by atoms with Gasteiger partial charge in [0.15, 0.2) is 0 Å². The highest BCUT2D eigenvalue weighted by Gasteiger charge is 2.37. The highest BCUT2D eigenvalue weighted by Crippen LogP contribution is 2.44. The van der Waals surface area contributed by atoms with Gasteiger partial charge in [-0.25, -0.2) is 13.8 Å². The minimum atomic E-state index is -2.87. The Morgan fingerprint density at radius 2 is 1.31 bits per heavy atom. The summed E-state index contributed by atoms with van der Waals surface area (Å²) in [5, 5.41) is 2.27. The molecule has 12 rings (SSSR count). The summed E-state index contributed by atoms with van der Waals surface area (Å²) >= 11 is 0. The van der Waals surface area contributed by atoms with E-state index in [0.717, 1.165) is 90.7 Å². The number of alkyl halides is 2. The smallest absolute Gasteiger partial charge is 0.273 e. The summed E-state index contributed by atoms with van der Waals surface area (Å²) in [5.41, 5.74) is 14.3. The van der Waals surface area contributed by atoms with E-state index in [4.69, 9.17) is 9.72 Å². The van der Waals surface area contributed by atoms with Crippen LogP contribution in [0.2, 0.25) is 0 Å². The van der Waals surface area contributed by atoms with Crippen molar-refractivity contribution in [2.75, 3.05) is 0 Å². The van der Waals surface area contributed by atoms with E-state index in [9.17, 15) is 0 Å². The van der Waals surface area contributed by atoms with Crippen molar-refractivity contribution in [2.24, 2.45) is 0 Å². The summed E-state index contributed by atoms with van der Waals surface area (Å²) in [6.07, 6.45) is 11.2. The molecule has 0 bridgehead atoms. The molecule has 0 aliphatic heterocycles. The van der Waals surface area contributed by atoms with Gasteiger partial charge < -0.3 is 4.74 Å². The third kappa shape index (κ3) is 7.19.